The number of rotatable bonds is 6. The molecule has 1 aromatic heterocycles. The first-order chi connectivity index (χ1) is 15.1. The number of aliphatic hydroxyl groups excluding tert-OH is 2. The van der Waals surface area contributed by atoms with Gasteiger partial charge in [-0.3, -0.25) is 4.98 Å². The minimum absolute atomic E-state index is 0.0619. The Labute approximate surface area is 179 Å². The number of pyridine rings is 1. The van der Waals surface area contributed by atoms with Crippen molar-refractivity contribution in [2.24, 2.45) is 0 Å². The highest BCUT2D eigenvalue weighted by Gasteiger charge is 2.29. The molecule has 2 aromatic carbocycles. The number of alkyl carbamates (subject to hydrolysis) is 1. The van der Waals surface area contributed by atoms with Gasteiger partial charge in [-0.25, -0.2) is 4.79 Å². The number of nitrogens with one attached hydrogen (secondary N) is 1. The molecule has 0 spiro atoms. The van der Waals surface area contributed by atoms with Crippen molar-refractivity contribution in [2.45, 2.75) is 18.1 Å². The van der Waals surface area contributed by atoms with E-state index in [1.807, 2.05) is 42.5 Å². The first kappa shape index (κ1) is 20.5. The highest BCUT2D eigenvalue weighted by Crippen LogP contribution is 2.44. The third-order valence-electron chi connectivity index (χ3n) is 5.40. The maximum Gasteiger partial charge on any atom is 0.407 e. The van der Waals surface area contributed by atoms with E-state index in [0.717, 1.165) is 22.3 Å². The number of hydrogen-bond acceptors (Lipinski definition) is 6. The maximum atomic E-state index is 12.2. The Balaban J connectivity index is 1.35. The summed E-state index contributed by atoms with van der Waals surface area (Å²) in [6.07, 6.45) is -2.03. The summed E-state index contributed by atoms with van der Waals surface area (Å²) in [6.45, 7) is -0.101. The van der Waals surface area contributed by atoms with Gasteiger partial charge in [-0.1, -0.05) is 48.5 Å². The molecule has 1 heterocycles. The van der Waals surface area contributed by atoms with Crippen LogP contribution in [0.5, 0.6) is 0 Å². The van der Waals surface area contributed by atoms with Crippen LogP contribution in [-0.4, -0.2) is 40.5 Å². The summed E-state index contributed by atoms with van der Waals surface area (Å²) in [7, 11) is 0. The maximum absolute atomic E-state index is 12.2. The molecule has 0 saturated heterocycles. The number of nitrogens with zero attached hydrogens (tertiary/aromatic N) is 2. The molecule has 3 aromatic rings. The Kier molecular flexibility index (Phi) is 5.94. The summed E-state index contributed by atoms with van der Waals surface area (Å²) in [4.78, 5) is 16.2. The Morgan fingerprint density at radius 3 is 2.35 bits per heavy atom. The van der Waals surface area contributed by atoms with Crippen molar-refractivity contribution >= 4 is 6.09 Å². The molecule has 0 radical (unpaired) electrons. The van der Waals surface area contributed by atoms with Gasteiger partial charge in [-0.05, 0) is 34.4 Å². The monoisotopic (exact) mass is 415 g/mol. The van der Waals surface area contributed by atoms with Crippen LogP contribution in [0.15, 0.2) is 66.9 Å². The molecule has 4 rings (SSSR count). The summed E-state index contributed by atoms with van der Waals surface area (Å²) < 4.78 is 5.41. The number of carbonyl (C=O) groups is 1. The van der Waals surface area contributed by atoms with E-state index < -0.39 is 18.3 Å². The number of hydrogen-bond donors (Lipinski definition) is 3. The van der Waals surface area contributed by atoms with Gasteiger partial charge >= 0.3 is 6.09 Å². The lowest BCUT2D eigenvalue weighted by molar-refractivity contribution is 0.0159. The van der Waals surface area contributed by atoms with Gasteiger partial charge in [0.15, 0.2) is 0 Å². The fourth-order valence-electron chi connectivity index (χ4n) is 3.88. The second kappa shape index (κ2) is 8.96. The molecule has 3 N–H and O–H groups in total. The van der Waals surface area contributed by atoms with Crippen LogP contribution in [0.2, 0.25) is 0 Å². The lowest BCUT2D eigenvalue weighted by atomic mass is 9.98. The van der Waals surface area contributed by atoms with E-state index in [1.165, 1.54) is 12.3 Å². The van der Waals surface area contributed by atoms with Crippen molar-refractivity contribution in [3.8, 4) is 17.2 Å². The predicted octanol–water partition coefficient (Wildman–Crippen LogP) is 2.89. The van der Waals surface area contributed by atoms with Crippen LogP contribution in [0.3, 0.4) is 0 Å². The minimum Gasteiger partial charge on any atom is -0.449 e. The highest BCUT2D eigenvalue weighted by molar-refractivity contribution is 5.79. The summed E-state index contributed by atoms with van der Waals surface area (Å²) >= 11 is 0. The molecule has 2 atom stereocenters. The van der Waals surface area contributed by atoms with Crippen molar-refractivity contribution in [1.29, 1.82) is 5.26 Å². The highest BCUT2D eigenvalue weighted by atomic mass is 16.5. The largest absolute Gasteiger partial charge is 0.449 e. The fourth-order valence-corrected chi connectivity index (χ4v) is 3.88. The van der Waals surface area contributed by atoms with Crippen molar-refractivity contribution < 1.29 is 19.7 Å². The van der Waals surface area contributed by atoms with E-state index in [0.29, 0.717) is 0 Å². The lowest BCUT2D eigenvalue weighted by Crippen LogP contribution is -2.36. The molecule has 7 nitrogen and oxygen atoms in total. The molecule has 156 valence electrons. The molecule has 1 aliphatic rings. The third-order valence-corrected chi connectivity index (χ3v) is 5.40. The summed E-state index contributed by atoms with van der Waals surface area (Å²) in [6, 6.07) is 21.0. The van der Waals surface area contributed by atoms with Crippen LogP contribution in [0.1, 0.15) is 34.4 Å². The van der Waals surface area contributed by atoms with E-state index in [2.05, 4.69) is 22.4 Å². The van der Waals surface area contributed by atoms with E-state index in [1.54, 1.807) is 6.07 Å². The second-order valence-corrected chi connectivity index (χ2v) is 7.27. The topological polar surface area (TPSA) is 115 Å². The Morgan fingerprint density at radius 2 is 1.71 bits per heavy atom. The zero-order valence-corrected chi connectivity index (χ0v) is 16.6. The third kappa shape index (κ3) is 4.12. The Hall–Kier alpha value is -3.73. The average Bonchev–Trinajstić information content (AvgIpc) is 3.14. The smallest absolute Gasteiger partial charge is 0.407 e. The van der Waals surface area contributed by atoms with E-state index in [4.69, 9.17) is 10.00 Å². The van der Waals surface area contributed by atoms with Crippen molar-refractivity contribution in [1.82, 2.24) is 10.3 Å². The van der Waals surface area contributed by atoms with Gasteiger partial charge in [-0.2, -0.15) is 5.26 Å². The molecule has 2 unspecified atom stereocenters. The molecule has 1 amide bonds. The molecule has 7 heteroatoms. The molecular weight excluding hydrogens is 394 g/mol. The SMILES string of the molecule is N#Cc1cccnc1C(O)C(O)CNC(=O)OCC1c2ccccc2-c2ccccc21. The number of carbonyl (C=O) groups excluding carboxylic acids is 1. The molecule has 0 saturated carbocycles. The summed E-state index contributed by atoms with van der Waals surface area (Å²) in [5.41, 5.74) is 4.70. The number of aromatic nitrogens is 1. The van der Waals surface area contributed by atoms with Crippen LogP contribution >= 0.6 is 0 Å². The van der Waals surface area contributed by atoms with Gasteiger partial charge in [0.1, 0.15) is 24.9 Å². The molecule has 0 bridgehead atoms. The van der Waals surface area contributed by atoms with Gasteiger partial charge in [0, 0.05) is 18.7 Å². The van der Waals surface area contributed by atoms with Crippen molar-refractivity contribution in [2.75, 3.05) is 13.2 Å². The minimum atomic E-state index is -1.41. The van der Waals surface area contributed by atoms with E-state index in [9.17, 15) is 15.0 Å². The quantitative estimate of drug-likeness (QED) is 0.570. The van der Waals surface area contributed by atoms with Gasteiger partial charge in [0.25, 0.3) is 0 Å². The summed E-state index contributed by atoms with van der Waals surface area (Å²) in [5, 5.41) is 32.1. The number of aliphatic hydroxyl groups is 2. The van der Waals surface area contributed by atoms with Crippen LogP contribution < -0.4 is 5.32 Å². The van der Waals surface area contributed by atoms with Gasteiger partial charge in [-0.15, -0.1) is 0 Å². The number of ether oxygens (including phenoxy) is 1. The first-order valence-electron chi connectivity index (χ1n) is 9.90. The molecule has 0 aliphatic heterocycles. The predicted molar refractivity (Wildman–Crippen MR) is 113 cm³/mol. The molecular formula is C24H21N3O4. The van der Waals surface area contributed by atoms with E-state index in [-0.39, 0.29) is 30.3 Å². The number of fused-ring (bicyclic) bond motifs is 3. The Morgan fingerprint density at radius 1 is 1.06 bits per heavy atom. The van der Waals surface area contributed by atoms with Crippen LogP contribution in [0.25, 0.3) is 11.1 Å². The number of amides is 1. The molecule has 1 aliphatic carbocycles. The molecule has 0 fully saturated rings. The van der Waals surface area contributed by atoms with Crippen LogP contribution in [0, 0.1) is 11.3 Å². The number of nitriles is 1. The van der Waals surface area contributed by atoms with Gasteiger partial charge < -0.3 is 20.3 Å². The average molecular weight is 415 g/mol. The zero-order chi connectivity index (χ0) is 21.8. The first-order valence-corrected chi connectivity index (χ1v) is 9.90. The fraction of sp³-hybridized carbons (Fsp3) is 0.208. The van der Waals surface area contributed by atoms with E-state index >= 15 is 0 Å². The van der Waals surface area contributed by atoms with Crippen molar-refractivity contribution in [3.05, 3.63) is 89.2 Å². The van der Waals surface area contributed by atoms with Crippen molar-refractivity contribution in [3.63, 3.8) is 0 Å². The van der Waals surface area contributed by atoms with Crippen LogP contribution in [0.4, 0.5) is 4.79 Å². The zero-order valence-electron chi connectivity index (χ0n) is 16.6. The second-order valence-electron chi connectivity index (χ2n) is 7.27. The van der Waals surface area contributed by atoms with Crippen LogP contribution in [-0.2, 0) is 4.74 Å². The lowest BCUT2D eigenvalue weighted by Gasteiger charge is -2.19. The Bertz CT molecular complexity index is 1100. The van der Waals surface area contributed by atoms with Gasteiger partial charge in [0.05, 0.1) is 11.3 Å². The standard InChI is InChI=1S/C24H21N3O4/c25-12-15-6-5-11-26-22(15)23(29)21(28)13-27-24(30)31-14-20-18-9-3-1-7-16(18)17-8-2-4-10-19(17)20/h1-11,20-21,23,28-29H,13-14H2,(H,27,30). The van der Waals surface area contributed by atoms with Gasteiger partial charge in [0.2, 0.25) is 0 Å². The summed E-state index contributed by atoms with van der Waals surface area (Å²) in [5.74, 6) is -0.0691. The number of benzene rings is 2. The normalized spacial score (nSPS) is 14.1. The molecule has 31 heavy (non-hydrogen) atoms.